The van der Waals surface area contributed by atoms with E-state index in [2.05, 4.69) is 10.2 Å². The Hall–Kier alpha value is -0.650. The molecule has 92 valence electrons. The van der Waals surface area contributed by atoms with Crippen LogP contribution in [-0.2, 0) is 9.53 Å². The first-order valence-electron chi connectivity index (χ1n) is 6.10. The maximum atomic E-state index is 11.6. The Bertz CT molecular complexity index is 241. The molecule has 0 aromatic carbocycles. The summed E-state index contributed by atoms with van der Waals surface area (Å²) in [6, 6.07) is 0.242. The van der Waals surface area contributed by atoms with Crippen LogP contribution >= 0.6 is 0 Å². The molecule has 0 aliphatic carbocycles. The predicted octanol–water partition coefficient (Wildman–Crippen LogP) is -0.685. The van der Waals surface area contributed by atoms with E-state index in [0.717, 1.165) is 39.0 Å². The van der Waals surface area contributed by atoms with Crippen molar-refractivity contribution in [2.75, 3.05) is 32.8 Å². The number of amides is 1. The van der Waals surface area contributed by atoms with E-state index in [4.69, 9.17) is 10.5 Å². The number of hydrogen-bond donors (Lipinski definition) is 2. The van der Waals surface area contributed by atoms with Crippen molar-refractivity contribution in [1.82, 2.24) is 10.2 Å². The molecule has 1 unspecified atom stereocenters. The number of nitrogens with two attached hydrogens (primary N) is 1. The molecule has 2 atom stereocenters. The second-order valence-electron chi connectivity index (χ2n) is 4.72. The summed E-state index contributed by atoms with van der Waals surface area (Å²) in [5, 5.41) is 2.92. The van der Waals surface area contributed by atoms with E-state index in [-0.39, 0.29) is 18.1 Å². The summed E-state index contributed by atoms with van der Waals surface area (Å²) in [5.41, 5.74) is 5.78. The van der Waals surface area contributed by atoms with Gasteiger partial charge in [-0.05, 0) is 19.3 Å². The van der Waals surface area contributed by atoms with Gasteiger partial charge < -0.3 is 15.8 Å². The Morgan fingerprint density at radius 2 is 2.38 bits per heavy atom. The van der Waals surface area contributed by atoms with Crippen LogP contribution < -0.4 is 11.1 Å². The number of likely N-dealkylation sites (tertiary alicyclic amines) is 1. The van der Waals surface area contributed by atoms with E-state index < -0.39 is 0 Å². The summed E-state index contributed by atoms with van der Waals surface area (Å²) < 4.78 is 5.44. The molecule has 0 saturated carbocycles. The number of carbonyl (C=O) groups is 1. The van der Waals surface area contributed by atoms with E-state index >= 15 is 0 Å². The second-order valence-corrected chi connectivity index (χ2v) is 4.72. The smallest absolute Gasteiger partial charge is 0.234 e. The lowest BCUT2D eigenvalue weighted by atomic mass is 10.2. The van der Waals surface area contributed by atoms with Crippen molar-refractivity contribution in [2.24, 2.45) is 5.73 Å². The van der Waals surface area contributed by atoms with E-state index in [1.807, 2.05) is 0 Å². The summed E-state index contributed by atoms with van der Waals surface area (Å²) in [6.07, 6.45) is 3.40. The SMILES string of the molecule is N[C@H]1CCN(CC(=O)NCC2CCCO2)C1. The molecule has 2 aliphatic rings. The number of nitrogens with one attached hydrogen (secondary N) is 1. The number of hydrogen-bond acceptors (Lipinski definition) is 4. The maximum Gasteiger partial charge on any atom is 0.234 e. The molecule has 2 saturated heterocycles. The molecule has 2 rings (SSSR count). The maximum absolute atomic E-state index is 11.6. The van der Waals surface area contributed by atoms with Crippen LogP contribution in [0.3, 0.4) is 0 Å². The minimum atomic E-state index is 0.0876. The van der Waals surface area contributed by atoms with Crippen molar-refractivity contribution in [1.29, 1.82) is 0 Å². The van der Waals surface area contributed by atoms with Crippen LogP contribution in [0.1, 0.15) is 19.3 Å². The summed E-state index contributed by atoms with van der Waals surface area (Å²) in [6.45, 7) is 3.74. The molecule has 5 heteroatoms. The van der Waals surface area contributed by atoms with Gasteiger partial charge in [-0.1, -0.05) is 0 Å². The van der Waals surface area contributed by atoms with Gasteiger partial charge in [0.15, 0.2) is 0 Å². The highest BCUT2D eigenvalue weighted by molar-refractivity contribution is 5.78. The van der Waals surface area contributed by atoms with Gasteiger partial charge in [0.2, 0.25) is 5.91 Å². The first-order chi connectivity index (χ1) is 7.74. The van der Waals surface area contributed by atoms with Crippen molar-refractivity contribution in [3.8, 4) is 0 Å². The second kappa shape index (κ2) is 5.61. The molecule has 1 amide bonds. The summed E-state index contributed by atoms with van der Waals surface area (Å²) in [5.74, 6) is 0.0876. The Labute approximate surface area is 96.3 Å². The van der Waals surface area contributed by atoms with Crippen molar-refractivity contribution in [3.05, 3.63) is 0 Å². The molecule has 0 aromatic rings. The van der Waals surface area contributed by atoms with Gasteiger partial charge in [0.05, 0.1) is 12.6 Å². The van der Waals surface area contributed by atoms with Crippen molar-refractivity contribution >= 4 is 5.91 Å². The zero-order valence-electron chi connectivity index (χ0n) is 9.65. The normalized spacial score (nSPS) is 30.8. The fraction of sp³-hybridized carbons (Fsp3) is 0.909. The number of nitrogens with zero attached hydrogens (tertiary/aromatic N) is 1. The van der Waals surface area contributed by atoms with E-state index in [9.17, 15) is 4.79 Å². The number of rotatable bonds is 4. The van der Waals surface area contributed by atoms with Gasteiger partial charge in [0.1, 0.15) is 0 Å². The molecule has 2 fully saturated rings. The van der Waals surface area contributed by atoms with Gasteiger partial charge in [-0.2, -0.15) is 0 Å². The first kappa shape index (κ1) is 11.8. The third-order valence-electron chi connectivity index (χ3n) is 3.23. The number of carbonyl (C=O) groups excluding carboxylic acids is 1. The molecule has 2 aliphatic heterocycles. The summed E-state index contributed by atoms with van der Waals surface area (Å²) >= 11 is 0. The zero-order chi connectivity index (χ0) is 11.4. The average Bonchev–Trinajstić information content (AvgIpc) is 2.87. The van der Waals surface area contributed by atoms with Crippen LogP contribution in [0.15, 0.2) is 0 Å². The van der Waals surface area contributed by atoms with Crippen molar-refractivity contribution in [2.45, 2.75) is 31.4 Å². The first-order valence-corrected chi connectivity index (χ1v) is 6.10. The fourth-order valence-corrected chi connectivity index (χ4v) is 2.30. The Kier molecular flexibility index (Phi) is 4.15. The average molecular weight is 227 g/mol. The number of ether oxygens (including phenoxy) is 1. The third-order valence-corrected chi connectivity index (χ3v) is 3.23. The molecule has 3 N–H and O–H groups in total. The van der Waals surface area contributed by atoms with E-state index in [0.29, 0.717) is 13.1 Å². The largest absolute Gasteiger partial charge is 0.376 e. The van der Waals surface area contributed by atoms with Crippen LogP contribution in [0.4, 0.5) is 0 Å². The predicted molar refractivity (Wildman–Crippen MR) is 61.0 cm³/mol. The van der Waals surface area contributed by atoms with Gasteiger partial charge in [0, 0.05) is 32.3 Å². The lowest BCUT2D eigenvalue weighted by molar-refractivity contribution is -0.122. The van der Waals surface area contributed by atoms with Gasteiger partial charge in [0.25, 0.3) is 0 Å². The Morgan fingerprint density at radius 1 is 1.50 bits per heavy atom. The minimum absolute atomic E-state index is 0.0876. The molecule has 16 heavy (non-hydrogen) atoms. The van der Waals surface area contributed by atoms with E-state index in [1.54, 1.807) is 0 Å². The molecule has 0 spiro atoms. The quantitative estimate of drug-likeness (QED) is 0.667. The Balaban J connectivity index is 1.60. The third kappa shape index (κ3) is 3.43. The standard InChI is InChI=1S/C11H21N3O2/c12-9-3-4-14(7-9)8-11(15)13-6-10-2-1-5-16-10/h9-10H,1-8,12H2,(H,13,15)/t9-,10?/m0/s1. The molecule has 0 aromatic heterocycles. The topological polar surface area (TPSA) is 67.6 Å². The lowest BCUT2D eigenvalue weighted by Crippen LogP contribution is -2.40. The molecule has 5 nitrogen and oxygen atoms in total. The summed E-state index contributed by atoms with van der Waals surface area (Å²) in [7, 11) is 0. The Morgan fingerprint density at radius 3 is 3.00 bits per heavy atom. The van der Waals surface area contributed by atoms with Crippen molar-refractivity contribution in [3.63, 3.8) is 0 Å². The molecular weight excluding hydrogens is 206 g/mol. The lowest BCUT2D eigenvalue weighted by Gasteiger charge is -2.16. The van der Waals surface area contributed by atoms with Crippen LogP contribution in [0.2, 0.25) is 0 Å². The fourth-order valence-electron chi connectivity index (χ4n) is 2.30. The van der Waals surface area contributed by atoms with Gasteiger partial charge in [-0.15, -0.1) is 0 Å². The van der Waals surface area contributed by atoms with Gasteiger partial charge >= 0.3 is 0 Å². The molecular formula is C11H21N3O2. The molecule has 0 radical (unpaired) electrons. The molecule has 0 bridgehead atoms. The molecule has 2 heterocycles. The van der Waals surface area contributed by atoms with Crippen LogP contribution in [0.5, 0.6) is 0 Å². The van der Waals surface area contributed by atoms with Crippen LogP contribution in [0.25, 0.3) is 0 Å². The van der Waals surface area contributed by atoms with Gasteiger partial charge in [-0.3, -0.25) is 9.69 Å². The zero-order valence-corrected chi connectivity index (χ0v) is 9.65. The minimum Gasteiger partial charge on any atom is -0.376 e. The monoisotopic (exact) mass is 227 g/mol. The van der Waals surface area contributed by atoms with Gasteiger partial charge in [-0.25, -0.2) is 0 Å². The summed E-state index contributed by atoms with van der Waals surface area (Å²) in [4.78, 5) is 13.7. The highest BCUT2D eigenvalue weighted by atomic mass is 16.5. The highest BCUT2D eigenvalue weighted by Gasteiger charge is 2.21. The van der Waals surface area contributed by atoms with E-state index in [1.165, 1.54) is 0 Å². The van der Waals surface area contributed by atoms with Crippen LogP contribution in [0, 0.1) is 0 Å². The highest BCUT2D eigenvalue weighted by Crippen LogP contribution is 2.10. The van der Waals surface area contributed by atoms with Crippen molar-refractivity contribution < 1.29 is 9.53 Å². The van der Waals surface area contributed by atoms with Crippen LogP contribution in [-0.4, -0.2) is 55.7 Å².